The van der Waals surface area contributed by atoms with Crippen LogP contribution in [-0.2, 0) is 4.79 Å². The van der Waals surface area contributed by atoms with E-state index >= 15 is 0 Å². The van der Waals surface area contributed by atoms with Crippen LogP contribution in [-0.4, -0.2) is 32.6 Å². The maximum absolute atomic E-state index is 12.6. The first kappa shape index (κ1) is 17.3. The number of carbonyl (C=O) groups is 1. The summed E-state index contributed by atoms with van der Waals surface area (Å²) in [6, 6.07) is 8.64. The third-order valence-corrected chi connectivity index (χ3v) is 4.91. The molecular formula is C19H21N5O3. The first-order valence-electron chi connectivity index (χ1n) is 9.09. The first-order valence-corrected chi connectivity index (χ1v) is 9.09. The number of amides is 1. The molecule has 2 aromatic heterocycles. The number of ether oxygens (including phenoxy) is 1. The molecule has 0 bridgehead atoms. The molecule has 8 nitrogen and oxygen atoms in total. The zero-order valence-electron chi connectivity index (χ0n) is 15.1. The highest BCUT2D eigenvalue weighted by atomic mass is 16.5. The second kappa shape index (κ2) is 7.22. The molecule has 0 unspecified atom stereocenters. The summed E-state index contributed by atoms with van der Waals surface area (Å²) in [7, 11) is 1.60. The third kappa shape index (κ3) is 3.55. The molecule has 1 aliphatic rings. The molecule has 0 spiro atoms. The van der Waals surface area contributed by atoms with Gasteiger partial charge in [0.1, 0.15) is 11.6 Å². The highest BCUT2D eigenvalue weighted by Crippen LogP contribution is 2.25. The quantitative estimate of drug-likeness (QED) is 0.738. The van der Waals surface area contributed by atoms with Crippen molar-refractivity contribution in [3.05, 3.63) is 40.7 Å². The summed E-state index contributed by atoms with van der Waals surface area (Å²) >= 11 is 0. The van der Waals surface area contributed by atoms with Crippen LogP contribution >= 0.6 is 0 Å². The lowest BCUT2D eigenvalue weighted by molar-refractivity contribution is -0.120. The van der Waals surface area contributed by atoms with E-state index in [0.29, 0.717) is 11.6 Å². The number of hydrogen-bond acceptors (Lipinski definition) is 5. The predicted molar refractivity (Wildman–Crippen MR) is 101 cm³/mol. The van der Waals surface area contributed by atoms with E-state index < -0.39 is 0 Å². The van der Waals surface area contributed by atoms with Gasteiger partial charge in [0.2, 0.25) is 11.7 Å². The summed E-state index contributed by atoms with van der Waals surface area (Å²) in [5.41, 5.74) is 0.444. The summed E-state index contributed by atoms with van der Waals surface area (Å²) in [6.45, 7) is 0. The second-order valence-electron chi connectivity index (χ2n) is 6.74. The van der Waals surface area contributed by atoms with E-state index in [2.05, 4.69) is 20.4 Å². The fourth-order valence-electron chi connectivity index (χ4n) is 3.44. The highest BCUT2D eigenvalue weighted by molar-refractivity contribution is 5.92. The van der Waals surface area contributed by atoms with E-state index in [1.165, 1.54) is 17.0 Å². The van der Waals surface area contributed by atoms with Gasteiger partial charge in [0.15, 0.2) is 5.82 Å². The molecule has 0 saturated heterocycles. The van der Waals surface area contributed by atoms with E-state index in [9.17, 15) is 9.59 Å². The van der Waals surface area contributed by atoms with Crippen LogP contribution in [0.25, 0.3) is 17.2 Å². The molecule has 8 heteroatoms. The number of carbonyl (C=O) groups excluding carboxylic acids is 1. The van der Waals surface area contributed by atoms with Crippen molar-refractivity contribution in [3.63, 3.8) is 0 Å². The molecular weight excluding hydrogens is 346 g/mol. The Morgan fingerprint density at radius 3 is 2.67 bits per heavy atom. The number of benzene rings is 1. The number of nitrogens with one attached hydrogen (secondary N) is 2. The zero-order valence-corrected chi connectivity index (χ0v) is 15.1. The van der Waals surface area contributed by atoms with Crippen molar-refractivity contribution in [2.24, 2.45) is 5.92 Å². The van der Waals surface area contributed by atoms with Crippen molar-refractivity contribution in [2.45, 2.75) is 32.1 Å². The Hall–Kier alpha value is -3.16. The lowest BCUT2D eigenvalue weighted by Gasteiger charge is -2.20. The van der Waals surface area contributed by atoms with Gasteiger partial charge in [0.25, 0.3) is 5.56 Å². The molecule has 1 saturated carbocycles. The van der Waals surface area contributed by atoms with Crippen LogP contribution in [0.2, 0.25) is 0 Å². The Morgan fingerprint density at radius 2 is 1.96 bits per heavy atom. The average molecular weight is 367 g/mol. The third-order valence-electron chi connectivity index (χ3n) is 4.91. The van der Waals surface area contributed by atoms with Crippen LogP contribution in [0.1, 0.15) is 32.1 Å². The number of rotatable bonds is 4. The van der Waals surface area contributed by atoms with Crippen molar-refractivity contribution in [1.29, 1.82) is 0 Å². The van der Waals surface area contributed by atoms with Gasteiger partial charge in [0, 0.05) is 17.5 Å². The molecule has 4 rings (SSSR count). The summed E-state index contributed by atoms with van der Waals surface area (Å²) in [4.78, 5) is 31.6. The minimum Gasteiger partial charge on any atom is -0.497 e. The Balaban J connectivity index is 1.67. The van der Waals surface area contributed by atoms with E-state index in [0.717, 1.165) is 37.0 Å². The van der Waals surface area contributed by atoms with Crippen LogP contribution in [0, 0.1) is 5.92 Å². The fraction of sp³-hybridized carbons (Fsp3) is 0.368. The second-order valence-corrected chi connectivity index (χ2v) is 6.74. The number of fused-ring (bicyclic) bond motifs is 1. The smallest absolute Gasteiger partial charge is 0.254 e. The van der Waals surface area contributed by atoms with Gasteiger partial charge in [-0.1, -0.05) is 19.3 Å². The molecule has 140 valence electrons. The minimum absolute atomic E-state index is 0.0160. The number of nitrogens with zero attached hydrogens (tertiary/aromatic N) is 3. The highest BCUT2D eigenvalue weighted by Gasteiger charge is 2.22. The van der Waals surface area contributed by atoms with Gasteiger partial charge in [-0.15, -0.1) is 5.10 Å². The van der Waals surface area contributed by atoms with Crippen molar-refractivity contribution < 1.29 is 9.53 Å². The van der Waals surface area contributed by atoms with Gasteiger partial charge >= 0.3 is 0 Å². The molecule has 1 aliphatic carbocycles. The predicted octanol–water partition coefficient (Wildman–Crippen LogP) is 2.61. The molecule has 2 heterocycles. The maximum atomic E-state index is 12.6. The van der Waals surface area contributed by atoms with E-state index in [-0.39, 0.29) is 23.2 Å². The molecule has 3 aromatic rings. The van der Waals surface area contributed by atoms with Gasteiger partial charge in [-0.25, -0.2) is 0 Å². The molecule has 1 aromatic carbocycles. The lowest BCUT2D eigenvalue weighted by Crippen LogP contribution is -2.27. The Labute approximate surface area is 155 Å². The van der Waals surface area contributed by atoms with Crippen LogP contribution in [0.3, 0.4) is 0 Å². The Kier molecular flexibility index (Phi) is 4.62. The number of aromatic amines is 1. The number of hydrogen-bond donors (Lipinski definition) is 2. The SMILES string of the molecule is COc1ccc(-c2nc3[nH]c(=O)cc(NC(=O)C4CCCCC4)n3n2)cc1. The summed E-state index contributed by atoms with van der Waals surface area (Å²) < 4.78 is 6.62. The van der Waals surface area contributed by atoms with Crippen LogP contribution < -0.4 is 15.6 Å². The molecule has 0 aliphatic heterocycles. The molecule has 1 fully saturated rings. The van der Waals surface area contributed by atoms with Crippen molar-refractivity contribution in [3.8, 4) is 17.1 Å². The first-order chi connectivity index (χ1) is 13.1. The fourth-order valence-corrected chi connectivity index (χ4v) is 3.44. The molecule has 0 atom stereocenters. The number of aromatic nitrogens is 4. The number of anilines is 1. The largest absolute Gasteiger partial charge is 0.497 e. The maximum Gasteiger partial charge on any atom is 0.254 e. The standard InChI is InChI=1S/C19H21N5O3/c1-27-14-9-7-12(8-10-14)17-22-19-21-16(25)11-15(24(19)23-17)20-18(26)13-5-3-2-4-6-13/h7-11,13H,2-6H2,1H3,(H,20,26)(H,21,22,23,25). The molecule has 2 N–H and O–H groups in total. The molecule has 1 amide bonds. The lowest BCUT2D eigenvalue weighted by atomic mass is 9.89. The van der Waals surface area contributed by atoms with Crippen LogP contribution in [0.4, 0.5) is 5.82 Å². The van der Waals surface area contributed by atoms with Crippen molar-refractivity contribution in [2.75, 3.05) is 12.4 Å². The van der Waals surface area contributed by atoms with E-state index in [1.807, 2.05) is 24.3 Å². The van der Waals surface area contributed by atoms with Gasteiger partial charge in [0.05, 0.1) is 7.11 Å². The zero-order chi connectivity index (χ0) is 18.8. The number of methoxy groups -OCH3 is 1. The normalized spacial score (nSPS) is 15.0. The van der Waals surface area contributed by atoms with Gasteiger partial charge < -0.3 is 10.1 Å². The Morgan fingerprint density at radius 1 is 1.22 bits per heavy atom. The number of H-pyrrole nitrogens is 1. The van der Waals surface area contributed by atoms with Crippen molar-refractivity contribution >= 4 is 17.5 Å². The van der Waals surface area contributed by atoms with Crippen LogP contribution in [0.15, 0.2) is 35.1 Å². The van der Waals surface area contributed by atoms with Gasteiger partial charge in [-0.2, -0.15) is 9.50 Å². The topological polar surface area (TPSA) is 101 Å². The molecule has 27 heavy (non-hydrogen) atoms. The van der Waals surface area contributed by atoms with Crippen molar-refractivity contribution in [1.82, 2.24) is 19.6 Å². The Bertz CT molecular complexity index is 1020. The summed E-state index contributed by atoms with van der Waals surface area (Å²) in [6.07, 6.45) is 5.06. The average Bonchev–Trinajstić information content (AvgIpc) is 3.13. The van der Waals surface area contributed by atoms with E-state index in [4.69, 9.17) is 4.74 Å². The molecule has 0 radical (unpaired) electrons. The summed E-state index contributed by atoms with van der Waals surface area (Å²) in [5, 5.41) is 7.32. The summed E-state index contributed by atoms with van der Waals surface area (Å²) in [5.74, 6) is 1.72. The minimum atomic E-state index is -0.338. The van der Waals surface area contributed by atoms with Gasteiger partial charge in [-0.05, 0) is 37.1 Å². The van der Waals surface area contributed by atoms with Gasteiger partial charge in [-0.3, -0.25) is 14.6 Å². The monoisotopic (exact) mass is 367 g/mol. The van der Waals surface area contributed by atoms with Crippen LogP contribution in [0.5, 0.6) is 5.75 Å². The van der Waals surface area contributed by atoms with E-state index in [1.54, 1.807) is 7.11 Å².